The van der Waals surface area contributed by atoms with Crippen LogP contribution in [-0.2, 0) is 6.54 Å². The molecule has 2 rings (SSSR count). The van der Waals surface area contributed by atoms with Crippen molar-refractivity contribution in [2.45, 2.75) is 20.4 Å². The van der Waals surface area contributed by atoms with Crippen molar-refractivity contribution in [1.29, 1.82) is 0 Å². The minimum atomic E-state index is -0.773. The highest BCUT2D eigenvalue weighted by molar-refractivity contribution is 7.11. The van der Waals surface area contributed by atoms with Gasteiger partial charge in [0.05, 0.1) is 23.8 Å². The van der Waals surface area contributed by atoms with Gasteiger partial charge in [-0.1, -0.05) is 0 Å². The third-order valence-electron chi connectivity index (χ3n) is 2.95. The van der Waals surface area contributed by atoms with E-state index in [4.69, 9.17) is 4.74 Å². The molecule has 0 unspecified atom stereocenters. The van der Waals surface area contributed by atoms with Crippen LogP contribution in [0.5, 0.6) is 5.75 Å². The minimum absolute atomic E-state index is 0.0515. The molecule has 0 aliphatic rings. The molecule has 0 spiro atoms. The van der Waals surface area contributed by atoms with Crippen LogP contribution in [0.2, 0.25) is 0 Å². The molecular weight excluding hydrogens is 324 g/mol. The second-order valence-electron chi connectivity index (χ2n) is 4.77. The van der Waals surface area contributed by atoms with Gasteiger partial charge in [-0.25, -0.2) is 18.6 Å². The van der Waals surface area contributed by atoms with Gasteiger partial charge < -0.3 is 15.4 Å². The lowest BCUT2D eigenvalue weighted by Crippen LogP contribution is -2.37. The first-order valence-electron chi connectivity index (χ1n) is 6.98. The van der Waals surface area contributed by atoms with Crippen molar-refractivity contribution >= 4 is 17.4 Å². The highest BCUT2D eigenvalue weighted by Crippen LogP contribution is 2.17. The number of nitrogens with one attached hydrogen (secondary N) is 2. The van der Waals surface area contributed by atoms with Crippen LogP contribution < -0.4 is 15.4 Å². The van der Waals surface area contributed by atoms with Crippen LogP contribution in [0.4, 0.5) is 13.6 Å². The summed E-state index contributed by atoms with van der Waals surface area (Å²) in [7, 11) is 0. The number of hydrogen-bond donors (Lipinski definition) is 2. The van der Waals surface area contributed by atoms with Crippen molar-refractivity contribution in [3.05, 3.63) is 45.4 Å². The van der Waals surface area contributed by atoms with Crippen LogP contribution in [0.15, 0.2) is 18.2 Å². The zero-order valence-corrected chi connectivity index (χ0v) is 13.6. The van der Waals surface area contributed by atoms with E-state index in [-0.39, 0.29) is 24.9 Å². The molecule has 1 heterocycles. The molecule has 0 radical (unpaired) electrons. The molecule has 0 atom stereocenters. The number of urea groups is 1. The normalized spacial score (nSPS) is 10.4. The Morgan fingerprint density at radius 2 is 2.09 bits per heavy atom. The van der Waals surface area contributed by atoms with E-state index in [1.807, 2.05) is 13.8 Å². The van der Waals surface area contributed by atoms with Crippen LogP contribution in [0.3, 0.4) is 0 Å². The largest absolute Gasteiger partial charge is 0.489 e. The van der Waals surface area contributed by atoms with E-state index in [1.54, 1.807) is 0 Å². The standard InChI is InChI=1S/C15H17F2N3O2S/c1-9-14(23-10(2)20-9)8-19-15(21)18-5-6-22-13-4-3-11(16)7-12(13)17/h3-4,7H,5-6,8H2,1-2H3,(H2,18,19,21). The number of aromatic nitrogens is 1. The molecule has 8 heteroatoms. The Balaban J connectivity index is 1.67. The number of halogens is 2. The van der Waals surface area contributed by atoms with Gasteiger partial charge in [-0.15, -0.1) is 11.3 Å². The Hall–Kier alpha value is -2.22. The van der Waals surface area contributed by atoms with Gasteiger partial charge in [0, 0.05) is 10.9 Å². The number of carbonyl (C=O) groups is 1. The Labute approximate surface area is 136 Å². The maximum absolute atomic E-state index is 13.3. The van der Waals surface area contributed by atoms with E-state index in [0.29, 0.717) is 6.54 Å². The summed E-state index contributed by atoms with van der Waals surface area (Å²) in [5, 5.41) is 6.26. The summed E-state index contributed by atoms with van der Waals surface area (Å²) in [6, 6.07) is 2.71. The van der Waals surface area contributed by atoms with E-state index in [2.05, 4.69) is 15.6 Å². The number of aryl methyl sites for hydroxylation is 2. The first kappa shape index (κ1) is 17.1. The first-order valence-corrected chi connectivity index (χ1v) is 7.80. The van der Waals surface area contributed by atoms with Gasteiger partial charge in [0.25, 0.3) is 0 Å². The maximum atomic E-state index is 13.3. The maximum Gasteiger partial charge on any atom is 0.315 e. The lowest BCUT2D eigenvalue weighted by Gasteiger charge is -2.09. The molecule has 0 aliphatic heterocycles. The van der Waals surface area contributed by atoms with Gasteiger partial charge in [0.15, 0.2) is 11.6 Å². The van der Waals surface area contributed by atoms with Crippen LogP contribution in [0, 0.1) is 25.5 Å². The summed E-state index contributed by atoms with van der Waals surface area (Å²) in [6.07, 6.45) is 0. The molecule has 1 aromatic carbocycles. The molecule has 2 N–H and O–H groups in total. The van der Waals surface area contributed by atoms with Crippen LogP contribution in [-0.4, -0.2) is 24.2 Å². The van der Waals surface area contributed by atoms with Crippen LogP contribution in [0.25, 0.3) is 0 Å². The Bertz CT molecular complexity index is 691. The highest BCUT2D eigenvalue weighted by Gasteiger charge is 2.07. The van der Waals surface area contributed by atoms with Gasteiger partial charge in [-0.2, -0.15) is 0 Å². The lowest BCUT2D eigenvalue weighted by atomic mass is 10.3. The second kappa shape index (κ2) is 7.87. The minimum Gasteiger partial charge on any atom is -0.489 e. The molecule has 124 valence electrons. The third kappa shape index (κ3) is 5.17. The van der Waals surface area contributed by atoms with Crippen molar-refractivity contribution in [2.75, 3.05) is 13.2 Å². The van der Waals surface area contributed by atoms with Crippen LogP contribution >= 0.6 is 11.3 Å². The van der Waals surface area contributed by atoms with Gasteiger partial charge in [-0.05, 0) is 26.0 Å². The summed E-state index contributed by atoms with van der Waals surface area (Å²) in [5.41, 5.74) is 0.905. The van der Waals surface area contributed by atoms with Crippen LogP contribution in [0.1, 0.15) is 15.6 Å². The molecule has 2 aromatic rings. The molecule has 5 nitrogen and oxygen atoms in total. The average molecular weight is 341 g/mol. The summed E-state index contributed by atoms with van der Waals surface area (Å²) in [6.45, 7) is 4.48. The SMILES string of the molecule is Cc1nc(C)c(CNC(=O)NCCOc2ccc(F)cc2F)s1. The first-order chi connectivity index (χ1) is 11.0. The van der Waals surface area contributed by atoms with Crippen molar-refractivity contribution in [3.8, 4) is 5.75 Å². The van der Waals surface area contributed by atoms with Gasteiger partial charge >= 0.3 is 6.03 Å². The predicted octanol–water partition coefficient (Wildman–Crippen LogP) is 2.92. The van der Waals surface area contributed by atoms with Gasteiger partial charge in [0.1, 0.15) is 12.4 Å². The van der Waals surface area contributed by atoms with Gasteiger partial charge in [-0.3, -0.25) is 0 Å². The number of carbonyl (C=O) groups excluding carboxylic acids is 1. The monoisotopic (exact) mass is 341 g/mol. The second-order valence-corrected chi connectivity index (χ2v) is 6.06. The molecule has 0 fully saturated rings. The fourth-order valence-corrected chi connectivity index (χ4v) is 2.76. The Morgan fingerprint density at radius 3 is 2.74 bits per heavy atom. The predicted molar refractivity (Wildman–Crippen MR) is 83.7 cm³/mol. The molecule has 2 amide bonds. The summed E-state index contributed by atoms with van der Waals surface area (Å²) in [5.74, 6) is -1.49. The molecule has 0 saturated carbocycles. The molecule has 1 aromatic heterocycles. The van der Waals surface area contributed by atoms with Crippen molar-refractivity contribution < 1.29 is 18.3 Å². The van der Waals surface area contributed by atoms with E-state index >= 15 is 0 Å². The number of rotatable bonds is 6. The number of thiazole rings is 1. The van der Waals surface area contributed by atoms with E-state index in [9.17, 15) is 13.6 Å². The third-order valence-corrected chi connectivity index (χ3v) is 4.02. The molecule has 0 saturated heterocycles. The fourth-order valence-electron chi connectivity index (χ4n) is 1.88. The van der Waals surface area contributed by atoms with Gasteiger partial charge in [0.2, 0.25) is 0 Å². The molecule has 0 bridgehead atoms. The summed E-state index contributed by atoms with van der Waals surface area (Å²) < 4.78 is 31.2. The average Bonchev–Trinajstić information content (AvgIpc) is 2.81. The van der Waals surface area contributed by atoms with E-state index in [0.717, 1.165) is 27.7 Å². The number of hydrogen-bond acceptors (Lipinski definition) is 4. The topological polar surface area (TPSA) is 63.2 Å². The Kier molecular flexibility index (Phi) is 5.86. The van der Waals surface area contributed by atoms with Crippen molar-refractivity contribution in [1.82, 2.24) is 15.6 Å². The lowest BCUT2D eigenvalue weighted by molar-refractivity contribution is 0.235. The highest BCUT2D eigenvalue weighted by atomic mass is 32.1. The van der Waals surface area contributed by atoms with E-state index < -0.39 is 11.6 Å². The zero-order chi connectivity index (χ0) is 16.8. The number of amides is 2. The quantitative estimate of drug-likeness (QED) is 0.794. The molecule has 0 aliphatic carbocycles. The fraction of sp³-hybridized carbons (Fsp3) is 0.333. The van der Waals surface area contributed by atoms with E-state index in [1.165, 1.54) is 17.4 Å². The number of benzene rings is 1. The van der Waals surface area contributed by atoms with Crippen molar-refractivity contribution in [3.63, 3.8) is 0 Å². The van der Waals surface area contributed by atoms with Crippen molar-refractivity contribution in [2.24, 2.45) is 0 Å². The summed E-state index contributed by atoms with van der Waals surface area (Å²) in [4.78, 5) is 16.9. The number of nitrogens with zero attached hydrogens (tertiary/aromatic N) is 1. The molecular formula is C15H17F2N3O2S. The smallest absolute Gasteiger partial charge is 0.315 e. The zero-order valence-electron chi connectivity index (χ0n) is 12.8. The molecule has 23 heavy (non-hydrogen) atoms. The summed E-state index contributed by atoms with van der Waals surface area (Å²) >= 11 is 1.53. The Morgan fingerprint density at radius 1 is 1.30 bits per heavy atom. The number of ether oxygens (including phenoxy) is 1.